The maximum absolute atomic E-state index is 5.56. The van der Waals surface area contributed by atoms with Crippen molar-refractivity contribution in [3.05, 3.63) is 23.9 Å². The average molecular weight is 195 g/mol. The van der Waals surface area contributed by atoms with Gasteiger partial charge in [-0.1, -0.05) is 13.0 Å². The normalized spacial score (nSPS) is 12.5. The van der Waals surface area contributed by atoms with Gasteiger partial charge in [0.05, 0.1) is 12.7 Å². The topological polar surface area (TPSA) is 60.2 Å². The second kappa shape index (κ2) is 5.57. The van der Waals surface area contributed by atoms with Crippen molar-refractivity contribution in [1.82, 2.24) is 4.98 Å². The summed E-state index contributed by atoms with van der Waals surface area (Å²) in [4.78, 5) is 4.08. The number of ether oxygens (including phenoxy) is 1. The molecule has 0 aromatic carbocycles. The van der Waals surface area contributed by atoms with E-state index in [-0.39, 0.29) is 0 Å². The van der Waals surface area contributed by atoms with Crippen molar-refractivity contribution < 1.29 is 4.74 Å². The lowest BCUT2D eigenvalue weighted by Gasteiger charge is -2.10. The summed E-state index contributed by atoms with van der Waals surface area (Å²) in [7, 11) is 0. The molecule has 1 heterocycles. The number of aromatic nitrogens is 1. The molecule has 0 radical (unpaired) electrons. The SMILES string of the molecule is CCC(C)OCc1ccc(NN)nc1. The Kier molecular flexibility index (Phi) is 4.35. The highest BCUT2D eigenvalue weighted by molar-refractivity contribution is 5.33. The Morgan fingerprint density at radius 2 is 2.36 bits per heavy atom. The molecule has 0 fully saturated rings. The highest BCUT2D eigenvalue weighted by Crippen LogP contribution is 2.07. The molecule has 3 N–H and O–H groups in total. The summed E-state index contributed by atoms with van der Waals surface area (Å²) in [6.45, 7) is 4.76. The quantitative estimate of drug-likeness (QED) is 0.554. The van der Waals surface area contributed by atoms with Crippen LogP contribution in [-0.2, 0) is 11.3 Å². The molecular formula is C10H17N3O. The summed E-state index contributed by atoms with van der Waals surface area (Å²) in [5.74, 6) is 5.86. The standard InChI is InChI=1S/C10H17N3O/c1-3-8(2)14-7-9-4-5-10(13-11)12-6-9/h4-6,8H,3,7,11H2,1-2H3,(H,12,13). The molecule has 78 valence electrons. The second-order valence-electron chi connectivity index (χ2n) is 3.23. The molecule has 0 bridgehead atoms. The molecule has 0 spiro atoms. The zero-order valence-corrected chi connectivity index (χ0v) is 8.66. The van der Waals surface area contributed by atoms with E-state index in [9.17, 15) is 0 Å². The summed E-state index contributed by atoms with van der Waals surface area (Å²) in [5.41, 5.74) is 3.54. The molecule has 1 unspecified atom stereocenters. The lowest BCUT2D eigenvalue weighted by atomic mass is 10.3. The van der Waals surface area contributed by atoms with Gasteiger partial charge in [-0.25, -0.2) is 10.8 Å². The highest BCUT2D eigenvalue weighted by Gasteiger charge is 1.99. The highest BCUT2D eigenvalue weighted by atomic mass is 16.5. The third kappa shape index (κ3) is 3.32. The number of nitrogens with zero attached hydrogens (tertiary/aromatic N) is 1. The van der Waals surface area contributed by atoms with Crippen LogP contribution >= 0.6 is 0 Å². The van der Waals surface area contributed by atoms with Crippen molar-refractivity contribution in [1.29, 1.82) is 0 Å². The van der Waals surface area contributed by atoms with Gasteiger partial charge < -0.3 is 10.2 Å². The Hall–Kier alpha value is -1.13. The van der Waals surface area contributed by atoms with Gasteiger partial charge in [-0.05, 0) is 25.0 Å². The van der Waals surface area contributed by atoms with Gasteiger partial charge in [0.25, 0.3) is 0 Å². The molecule has 0 aliphatic heterocycles. The first-order valence-electron chi connectivity index (χ1n) is 4.79. The van der Waals surface area contributed by atoms with Crippen LogP contribution in [0.5, 0.6) is 0 Å². The first-order chi connectivity index (χ1) is 6.76. The van der Waals surface area contributed by atoms with Gasteiger partial charge in [0.15, 0.2) is 0 Å². The van der Waals surface area contributed by atoms with E-state index in [1.807, 2.05) is 12.1 Å². The molecule has 0 aliphatic rings. The van der Waals surface area contributed by atoms with E-state index in [0.717, 1.165) is 12.0 Å². The summed E-state index contributed by atoms with van der Waals surface area (Å²) in [5, 5.41) is 0. The van der Waals surface area contributed by atoms with Gasteiger partial charge in [0.1, 0.15) is 5.82 Å². The van der Waals surface area contributed by atoms with E-state index in [1.54, 1.807) is 6.20 Å². The third-order valence-corrected chi connectivity index (χ3v) is 2.08. The lowest BCUT2D eigenvalue weighted by molar-refractivity contribution is 0.0507. The molecule has 4 heteroatoms. The summed E-state index contributed by atoms with van der Waals surface area (Å²) in [6, 6.07) is 3.78. The zero-order valence-electron chi connectivity index (χ0n) is 8.66. The van der Waals surface area contributed by atoms with E-state index in [2.05, 4.69) is 24.3 Å². The van der Waals surface area contributed by atoms with Crippen LogP contribution in [0.2, 0.25) is 0 Å². The van der Waals surface area contributed by atoms with Crippen molar-refractivity contribution in [3.63, 3.8) is 0 Å². The number of pyridine rings is 1. The zero-order chi connectivity index (χ0) is 10.4. The Bertz CT molecular complexity index is 261. The maximum Gasteiger partial charge on any atom is 0.139 e. The van der Waals surface area contributed by atoms with Crippen LogP contribution in [0.1, 0.15) is 25.8 Å². The van der Waals surface area contributed by atoms with Crippen molar-refractivity contribution in [2.45, 2.75) is 33.0 Å². The number of rotatable bonds is 5. The molecular weight excluding hydrogens is 178 g/mol. The van der Waals surface area contributed by atoms with Gasteiger partial charge in [0.2, 0.25) is 0 Å². The third-order valence-electron chi connectivity index (χ3n) is 2.08. The molecule has 0 saturated heterocycles. The van der Waals surface area contributed by atoms with E-state index >= 15 is 0 Å². The molecule has 0 amide bonds. The van der Waals surface area contributed by atoms with Crippen LogP contribution in [-0.4, -0.2) is 11.1 Å². The van der Waals surface area contributed by atoms with Gasteiger partial charge in [0, 0.05) is 6.20 Å². The minimum atomic E-state index is 0.294. The number of hydrazine groups is 1. The number of nitrogens with one attached hydrogen (secondary N) is 1. The van der Waals surface area contributed by atoms with Crippen molar-refractivity contribution >= 4 is 5.82 Å². The Balaban J connectivity index is 2.43. The molecule has 1 rings (SSSR count). The summed E-state index contributed by atoms with van der Waals surface area (Å²) < 4.78 is 5.56. The molecule has 0 saturated carbocycles. The minimum Gasteiger partial charge on any atom is -0.374 e. The van der Waals surface area contributed by atoms with Crippen LogP contribution in [0.4, 0.5) is 5.82 Å². The first-order valence-corrected chi connectivity index (χ1v) is 4.79. The van der Waals surface area contributed by atoms with Gasteiger partial charge >= 0.3 is 0 Å². The van der Waals surface area contributed by atoms with Crippen LogP contribution < -0.4 is 11.3 Å². The maximum atomic E-state index is 5.56. The van der Waals surface area contributed by atoms with E-state index in [1.165, 1.54) is 0 Å². The Morgan fingerprint density at radius 3 is 2.86 bits per heavy atom. The fraction of sp³-hybridized carbons (Fsp3) is 0.500. The number of nitrogens with two attached hydrogens (primary N) is 1. The molecule has 14 heavy (non-hydrogen) atoms. The predicted octanol–water partition coefficient (Wildman–Crippen LogP) is 1.68. The van der Waals surface area contributed by atoms with Gasteiger partial charge in [-0.3, -0.25) is 0 Å². The van der Waals surface area contributed by atoms with E-state index in [4.69, 9.17) is 10.6 Å². The monoisotopic (exact) mass is 195 g/mol. The van der Waals surface area contributed by atoms with Crippen molar-refractivity contribution in [2.24, 2.45) is 5.84 Å². The largest absolute Gasteiger partial charge is 0.374 e. The van der Waals surface area contributed by atoms with Crippen LogP contribution in [0.15, 0.2) is 18.3 Å². The molecule has 4 nitrogen and oxygen atoms in total. The van der Waals surface area contributed by atoms with E-state index < -0.39 is 0 Å². The summed E-state index contributed by atoms with van der Waals surface area (Å²) >= 11 is 0. The molecule has 0 aliphatic carbocycles. The lowest BCUT2D eigenvalue weighted by Crippen LogP contribution is -2.09. The number of hydrogen-bond acceptors (Lipinski definition) is 4. The molecule has 1 atom stereocenters. The Labute approximate surface area is 84.4 Å². The second-order valence-corrected chi connectivity index (χ2v) is 3.23. The number of nitrogen functional groups attached to an aromatic ring is 1. The van der Waals surface area contributed by atoms with Gasteiger partial charge in [-0.15, -0.1) is 0 Å². The smallest absolute Gasteiger partial charge is 0.139 e. The van der Waals surface area contributed by atoms with Crippen LogP contribution in [0.25, 0.3) is 0 Å². The van der Waals surface area contributed by atoms with Crippen molar-refractivity contribution in [2.75, 3.05) is 5.43 Å². The summed E-state index contributed by atoms with van der Waals surface area (Å²) in [6.07, 6.45) is 3.08. The first kappa shape index (κ1) is 10.9. The average Bonchev–Trinajstić information content (AvgIpc) is 2.26. The predicted molar refractivity (Wildman–Crippen MR) is 56.6 cm³/mol. The minimum absolute atomic E-state index is 0.294. The number of anilines is 1. The van der Waals surface area contributed by atoms with Crippen LogP contribution in [0, 0.1) is 0 Å². The number of hydrogen-bond donors (Lipinski definition) is 2. The fourth-order valence-electron chi connectivity index (χ4n) is 0.952. The van der Waals surface area contributed by atoms with Gasteiger partial charge in [-0.2, -0.15) is 0 Å². The fourth-order valence-corrected chi connectivity index (χ4v) is 0.952. The van der Waals surface area contributed by atoms with Crippen molar-refractivity contribution in [3.8, 4) is 0 Å². The van der Waals surface area contributed by atoms with Crippen LogP contribution in [0.3, 0.4) is 0 Å². The molecule has 1 aromatic rings. The molecule has 1 aromatic heterocycles. The Morgan fingerprint density at radius 1 is 1.57 bits per heavy atom. The van der Waals surface area contributed by atoms with E-state index in [0.29, 0.717) is 18.5 Å².